The van der Waals surface area contributed by atoms with Gasteiger partial charge in [-0.2, -0.15) is 11.3 Å². The van der Waals surface area contributed by atoms with Gasteiger partial charge in [-0.15, -0.1) is 0 Å². The van der Waals surface area contributed by atoms with Crippen molar-refractivity contribution in [3.05, 3.63) is 53.0 Å². The number of hydrogen-bond donors (Lipinski definition) is 1. The normalized spacial score (nSPS) is 13.0. The molecular formula is C13H13N3S. The Morgan fingerprint density at radius 3 is 3.00 bits per heavy atom. The van der Waals surface area contributed by atoms with Crippen molar-refractivity contribution in [3.63, 3.8) is 0 Å². The van der Waals surface area contributed by atoms with Gasteiger partial charge in [0.1, 0.15) is 0 Å². The van der Waals surface area contributed by atoms with Crippen LogP contribution in [0.5, 0.6) is 0 Å². The molecule has 3 aromatic rings. The van der Waals surface area contributed by atoms with Gasteiger partial charge in [0, 0.05) is 12.6 Å². The van der Waals surface area contributed by atoms with Gasteiger partial charge in [-0.25, -0.2) is 4.98 Å². The topological polar surface area (TPSA) is 43.8 Å². The van der Waals surface area contributed by atoms with Crippen molar-refractivity contribution < 1.29 is 0 Å². The lowest BCUT2D eigenvalue weighted by Gasteiger charge is -2.11. The van der Waals surface area contributed by atoms with Crippen molar-refractivity contribution in [1.82, 2.24) is 9.55 Å². The van der Waals surface area contributed by atoms with Gasteiger partial charge in [-0.3, -0.25) is 0 Å². The molecule has 17 heavy (non-hydrogen) atoms. The second-order valence-corrected chi connectivity index (χ2v) is 4.83. The second-order valence-electron chi connectivity index (χ2n) is 4.05. The maximum Gasteiger partial charge on any atom is 0.0958 e. The zero-order valence-corrected chi connectivity index (χ0v) is 10.1. The lowest BCUT2D eigenvalue weighted by Crippen LogP contribution is -2.16. The Hall–Kier alpha value is -1.65. The monoisotopic (exact) mass is 243 g/mol. The van der Waals surface area contributed by atoms with E-state index in [1.165, 1.54) is 5.56 Å². The molecule has 0 aliphatic rings. The van der Waals surface area contributed by atoms with Crippen molar-refractivity contribution in [2.75, 3.05) is 0 Å². The number of aromatic nitrogens is 2. The smallest absolute Gasteiger partial charge is 0.0958 e. The van der Waals surface area contributed by atoms with Crippen LogP contribution in [-0.4, -0.2) is 9.55 Å². The number of hydrogen-bond acceptors (Lipinski definition) is 3. The van der Waals surface area contributed by atoms with Gasteiger partial charge in [-0.1, -0.05) is 12.1 Å². The minimum Gasteiger partial charge on any atom is -0.329 e. The first kappa shape index (κ1) is 10.5. The van der Waals surface area contributed by atoms with E-state index in [-0.39, 0.29) is 6.04 Å². The number of benzene rings is 1. The van der Waals surface area contributed by atoms with Crippen molar-refractivity contribution >= 4 is 22.4 Å². The van der Waals surface area contributed by atoms with E-state index >= 15 is 0 Å². The molecule has 2 N–H and O–H groups in total. The van der Waals surface area contributed by atoms with Crippen LogP contribution < -0.4 is 5.73 Å². The predicted molar refractivity (Wildman–Crippen MR) is 71.0 cm³/mol. The van der Waals surface area contributed by atoms with E-state index in [0.29, 0.717) is 0 Å². The molecule has 2 aromatic heterocycles. The standard InChI is InChI=1S/C13H13N3S/c14-11(10-5-6-17-8-10)7-16-9-15-12-3-1-2-4-13(12)16/h1-6,8-9,11H,7,14H2. The summed E-state index contributed by atoms with van der Waals surface area (Å²) in [6.45, 7) is 0.761. The summed E-state index contributed by atoms with van der Waals surface area (Å²) in [4.78, 5) is 4.36. The summed E-state index contributed by atoms with van der Waals surface area (Å²) in [6.07, 6.45) is 1.86. The lowest BCUT2D eigenvalue weighted by molar-refractivity contribution is 0.590. The first-order valence-corrected chi connectivity index (χ1v) is 6.46. The number of fused-ring (bicyclic) bond motifs is 1. The van der Waals surface area contributed by atoms with E-state index in [0.717, 1.165) is 17.6 Å². The highest BCUT2D eigenvalue weighted by Crippen LogP contribution is 2.18. The fourth-order valence-electron chi connectivity index (χ4n) is 1.96. The van der Waals surface area contributed by atoms with Crippen LogP contribution in [0.2, 0.25) is 0 Å². The van der Waals surface area contributed by atoms with Crippen LogP contribution in [0.3, 0.4) is 0 Å². The molecule has 0 bridgehead atoms. The third-order valence-corrected chi connectivity index (χ3v) is 3.59. The van der Waals surface area contributed by atoms with Crippen LogP contribution >= 0.6 is 11.3 Å². The minimum atomic E-state index is 0.0267. The van der Waals surface area contributed by atoms with E-state index < -0.39 is 0 Å². The van der Waals surface area contributed by atoms with Gasteiger partial charge in [0.25, 0.3) is 0 Å². The van der Waals surface area contributed by atoms with Crippen LogP contribution in [-0.2, 0) is 6.54 Å². The van der Waals surface area contributed by atoms with E-state index in [1.807, 2.05) is 24.5 Å². The Balaban J connectivity index is 1.90. The number of imidazole rings is 1. The highest BCUT2D eigenvalue weighted by Gasteiger charge is 2.09. The molecule has 3 rings (SSSR count). The summed E-state index contributed by atoms with van der Waals surface area (Å²) in [5.74, 6) is 0. The first-order chi connectivity index (χ1) is 8.34. The van der Waals surface area contributed by atoms with Gasteiger partial charge in [0.15, 0.2) is 0 Å². The molecule has 1 atom stereocenters. The number of nitrogens with two attached hydrogens (primary N) is 1. The van der Waals surface area contributed by atoms with Crippen molar-refractivity contribution in [1.29, 1.82) is 0 Å². The van der Waals surface area contributed by atoms with Crippen molar-refractivity contribution in [2.45, 2.75) is 12.6 Å². The number of para-hydroxylation sites is 2. The van der Waals surface area contributed by atoms with Crippen molar-refractivity contribution in [2.24, 2.45) is 5.73 Å². The minimum absolute atomic E-state index is 0.0267. The molecule has 0 aliphatic carbocycles. The first-order valence-electron chi connectivity index (χ1n) is 5.52. The van der Waals surface area contributed by atoms with Crippen LogP contribution in [0.25, 0.3) is 11.0 Å². The highest BCUT2D eigenvalue weighted by atomic mass is 32.1. The molecule has 0 fully saturated rings. The molecular weight excluding hydrogens is 230 g/mol. The average Bonchev–Trinajstić information content (AvgIpc) is 2.98. The van der Waals surface area contributed by atoms with Crippen LogP contribution in [0, 0.1) is 0 Å². The molecule has 1 unspecified atom stereocenters. The van der Waals surface area contributed by atoms with E-state index in [1.54, 1.807) is 11.3 Å². The molecule has 4 heteroatoms. The van der Waals surface area contributed by atoms with Gasteiger partial charge < -0.3 is 10.3 Å². The average molecular weight is 243 g/mol. The second kappa shape index (κ2) is 4.31. The van der Waals surface area contributed by atoms with E-state index in [2.05, 4.69) is 32.4 Å². The maximum absolute atomic E-state index is 6.18. The Kier molecular flexibility index (Phi) is 2.66. The summed E-state index contributed by atoms with van der Waals surface area (Å²) < 4.78 is 2.11. The maximum atomic E-state index is 6.18. The fraction of sp³-hybridized carbons (Fsp3) is 0.154. The summed E-state index contributed by atoms with van der Waals surface area (Å²) in [5, 5.41) is 4.16. The van der Waals surface area contributed by atoms with Crippen molar-refractivity contribution in [3.8, 4) is 0 Å². The molecule has 3 nitrogen and oxygen atoms in total. The van der Waals surface area contributed by atoms with Crippen LogP contribution in [0.15, 0.2) is 47.4 Å². The molecule has 86 valence electrons. The molecule has 2 heterocycles. The molecule has 0 spiro atoms. The Bertz CT molecular complexity index is 612. The third kappa shape index (κ3) is 1.97. The van der Waals surface area contributed by atoms with E-state index in [4.69, 9.17) is 5.73 Å². The summed E-state index contributed by atoms with van der Waals surface area (Å²) >= 11 is 1.68. The largest absolute Gasteiger partial charge is 0.329 e. The number of nitrogens with zero attached hydrogens (tertiary/aromatic N) is 2. The highest BCUT2D eigenvalue weighted by molar-refractivity contribution is 7.07. The SMILES string of the molecule is NC(Cn1cnc2ccccc21)c1ccsc1. The summed E-state index contributed by atoms with van der Waals surface area (Å²) in [6, 6.07) is 10.2. The summed E-state index contributed by atoms with van der Waals surface area (Å²) in [5.41, 5.74) is 9.52. The fourth-order valence-corrected chi connectivity index (χ4v) is 2.68. The zero-order chi connectivity index (χ0) is 11.7. The van der Waals surface area contributed by atoms with E-state index in [9.17, 15) is 0 Å². The molecule has 0 saturated heterocycles. The lowest BCUT2D eigenvalue weighted by atomic mass is 10.1. The molecule has 0 aliphatic heterocycles. The number of rotatable bonds is 3. The Labute approximate surface area is 104 Å². The van der Waals surface area contributed by atoms with Gasteiger partial charge in [0.05, 0.1) is 17.4 Å². The predicted octanol–water partition coefficient (Wildman–Crippen LogP) is 2.80. The molecule has 0 radical (unpaired) electrons. The quantitative estimate of drug-likeness (QED) is 0.768. The Morgan fingerprint density at radius 1 is 1.29 bits per heavy atom. The van der Waals surface area contributed by atoms with Gasteiger partial charge >= 0.3 is 0 Å². The third-order valence-electron chi connectivity index (χ3n) is 2.89. The summed E-state index contributed by atoms with van der Waals surface area (Å²) in [7, 11) is 0. The van der Waals surface area contributed by atoms with Gasteiger partial charge in [-0.05, 0) is 34.5 Å². The number of thiophene rings is 1. The molecule has 0 saturated carbocycles. The van der Waals surface area contributed by atoms with Gasteiger partial charge in [0.2, 0.25) is 0 Å². The van der Waals surface area contributed by atoms with Crippen LogP contribution in [0.1, 0.15) is 11.6 Å². The molecule has 1 aromatic carbocycles. The Morgan fingerprint density at radius 2 is 2.18 bits per heavy atom. The zero-order valence-electron chi connectivity index (χ0n) is 9.28. The van der Waals surface area contributed by atoms with Crippen LogP contribution in [0.4, 0.5) is 0 Å². The molecule has 0 amide bonds.